The van der Waals surface area contributed by atoms with Crippen molar-refractivity contribution >= 4 is 5.91 Å². The standard InChI is InChI=1S/C17H28N4O/c1-14-5-6-15(18-11-14)12-20(4)17(22)13-21-9-7-16(8-10-21)19(2)3/h5-6,11,16H,7-10,12-13H2,1-4H3. The Kier molecular flexibility index (Phi) is 5.91. The van der Waals surface area contributed by atoms with E-state index in [0.29, 0.717) is 19.1 Å². The quantitative estimate of drug-likeness (QED) is 0.824. The molecule has 0 atom stereocenters. The molecule has 0 spiro atoms. The minimum atomic E-state index is 0.172. The van der Waals surface area contributed by atoms with Crippen molar-refractivity contribution < 1.29 is 4.79 Å². The van der Waals surface area contributed by atoms with Gasteiger partial charge < -0.3 is 9.80 Å². The Bertz CT molecular complexity index is 478. The van der Waals surface area contributed by atoms with Crippen LogP contribution in [-0.4, -0.2) is 72.4 Å². The van der Waals surface area contributed by atoms with Crippen LogP contribution in [-0.2, 0) is 11.3 Å². The fraction of sp³-hybridized carbons (Fsp3) is 0.647. The molecule has 0 N–H and O–H groups in total. The van der Waals surface area contributed by atoms with Gasteiger partial charge in [-0.15, -0.1) is 0 Å². The Labute approximate surface area is 133 Å². The van der Waals surface area contributed by atoms with Crippen molar-refractivity contribution in [3.8, 4) is 0 Å². The highest BCUT2D eigenvalue weighted by atomic mass is 16.2. The van der Waals surface area contributed by atoms with Gasteiger partial charge in [-0.25, -0.2) is 0 Å². The molecule has 5 nitrogen and oxygen atoms in total. The topological polar surface area (TPSA) is 39.7 Å². The summed E-state index contributed by atoms with van der Waals surface area (Å²) in [6.45, 7) is 5.12. The predicted octanol–water partition coefficient (Wildman–Crippen LogP) is 1.37. The van der Waals surface area contributed by atoms with E-state index in [0.717, 1.165) is 37.2 Å². The SMILES string of the molecule is Cc1ccc(CN(C)C(=O)CN2CCC(N(C)C)CC2)nc1. The van der Waals surface area contributed by atoms with Gasteiger partial charge in [-0.3, -0.25) is 14.7 Å². The van der Waals surface area contributed by atoms with Gasteiger partial charge in [-0.1, -0.05) is 6.07 Å². The second-order valence-corrected chi connectivity index (χ2v) is 6.55. The summed E-state index contributed by atoms with van der Waals surface area (Å²) in [7, 11) is 6.12. The number of nitrogens with zero attached hydrogens (tertiary/aromatic N) is 4. The number of hydrogen-bond acceptors (Lipinski definition) is 4. The fourth-order valence-electron chi connectivity index (χ4n) is 2.83. The van der Waals surface area contributed by atoms with Gasteiger partial charge in [-0.05, 0) is 45.5 Å². The number of amides is 1. The van der Waals surface area contributed by atoms with Crippen LogP contribution in [0.2, 0.25) is 0 Å². The monoisotopic (exact) mass is 304 g/mol. The Morgan fingerprint density at radius 1 is 1.27 bits per heavy atom. The minimum absolute atomic E-state index is 0.172. The third-order valence-corrected chi connectivity index (χ3v) is 4.44. The van der Waals surface area contributed by atoms with Crippen molar-refractivity contribution in [2.75, 3.05) is 40.8 Å². The summed E-state index contributed by atoms with van der Waals surface area (Å²) < 4.78 is 0. The van der Waals surface area contributed by atoms with E-state index in [-0.39, 0.29) is 5.91 Å². The average molecular weight is 304 g/mol. The van der Waals surface area contributed by atoms with E-state index in [4.69, 9.17) is 0 Å². The van der Waals surface area contributed by atoms with Crippen LogP contribution in [0.4, 0.5) is 0 Å². The highest BCUT2D eigenvalue weighted by Gasteiger charge is 2.23. The van der Waals surface area contributed by atoms with E-state index in [1.807, 2.05) is 32.3 Å². The number of pyridine rings is 1. The number of hydrogen-bond donors (Lipinski definition) is 0. The van der Waals surface area contributed by atoms with Gasteiger partial charge >= 0.3 is 0 Å². The van der Waals surface area contributed by atoms with Crippen molar-refractivity contribution in [3.05, 3.63) is 29.6 Å². The summed E-state index contributed by atoms with van der Waals surface area (Å²) >= 11 is 0. The van der Waals surface area contributed by atoms with Gasteiger partial charge in [0.2, 0.25) is 5.91 Å². The van der Waals surface area contributed by atoms with E-state index in [1.54, 1.807) is 4.90 Å². The van der Waals surface area contributed by atoms with Crippen LogP contribution in [0.1, 0.15) is 24.1 Å². The Morgan fingerprint density at radius 2 is 1.95 bits per heavy atom. The summed E-state index contributed by atoms with van der Waals surface area (Å²) in [5, 5.41) is 0. The van der Waals surface area contributed by atoms with Crippen LogP contribution >= 0.6 is 0 Å². The first-order valence-corrected chi connectivity index (χ1v) is 8.00. The Morgan fingerprint density at radius 3 is 2.50 bits per heavy atom. The molecule has 1 fully saturated rings. The van der Waals surface area contributed by atoms with Crippen molar-refractivity contribution in [2.45, 2.75) is 32.4 Å². The second kappa shape index (κ2) is 7.70. The number of likely N-dealkylation sites (N-methyl/N-ethyl adjacent to an activating group) is 1. The highest BCUT2D eigenvalue weighted by Crippen LogP contribution is 2.14. The number of rotatable bonds is 5. The molecule has 1 aliphatic rings. The number of carbonyl (C=O) groups is 1. The summed E-state index contributed by atoms with van der Waals surface area (Å²) in [5.41, 5.74) is 2.08. The van der Waals surface area contributed by atoms with Crippen molar-refractivity contribution in [1.82, 2.24) is 19.7 Å². The largest absolute Gasteiger partial charge is 0.339 e. The normalized spacial score (nSPS) is 17.0. The first-order chi connectivity index (χ1) is 10.5. The summed E-state index contributed by atoms with van der Waals surface area (Å²) in [6.07, 6.45) is 4.13. The van der Waals surface area contributed by atoms with Gasteiger partial charge in [0.15, 0.2) is 0 Å². The minimum Gasteiger partial charge on any atom is -0.339 e. The average Bonchev–Trinajstić information content (AvgIpc) is 2.50. The molecule has 122 valence electrons. The molecule has 1 aromatic rings. The Hall–Kier alpha value is -1.46. The molecule has 1 aliphatic heterocycles. The molecule has 0 aromatic carbocycles. The van der Waals surface area contributed by atoms with Crippen molar-refractivity contribution in [2.24, 2.45) is 0 Å². The third-order valence-electron chi connectivity index (χ3n) is 4.44. The molecule has 1 saturated heterocycles. The lowest BCUT2D eigenvalue weighted by molar-refractivity contribution is -0.132. The van der Waals surface area contributed by atoms with E-state index in [9.17, 15) is 4.79 Å². The van der Waals surface area contributed by atoms with E-state index < -0.39 is 0 Å². The highest BCUT2D eigenvalue weighted by molar-refractivity contribution is 5.77. The lowest BCUT2D eigenvalue weighted by Gasteiger charge is -2.35. The number of aryl methyl sites for hydroxylation is 1. The summed E-state index contributed by atoms with van der Waals surface area (Å²) in [6, 6.07) is 4.68. The maximum absolute atomic E-state index is 12.3. The molecule has 0 saturated carbocycles. The maximum Gasteiger partial charge on any atom is 0.236 e. The number of piperidine rings is 1. The molecule has 1 aromatic heterocycles. The van der Waals surface area contributed by atoms with Crippen molar-refractivity contribution in [3.63, 3.8) is 0 Å². The lowest BCUT2D eigenvalue weighted by atomic mass is 10.0. The molecule has 0 unspecified atom stereocenters. The van der Waals surface area contributed by atoms with Crippen molar-refractivity contribution in [1.29, 1.82) is 0 Å². The van der Waals surface area contributed by atoms with Crippen LogP contribution < -0.4 is 0 Å². The molecule has 5 heteroatoms. The third kappa shape index (κ3) is 4.78. The predicted molar refractivity (Wildman–Crippen MR) is 88.6 cm³/mol. The van der Waals surface area contributed by atoms with Crippen LogP contribution in [0, 0.1) is 6.92 Å². The molecule has 0 bridgehead atoms. The zero-order valence-corrected chi connectivity index (χ0v) is 14.2. The first-order valence-electron chi connectivity index (χ1n) is 8.00. The molecular formula is C17H28N4O. The molecule has 0 radical (unpaired) electrons. The zero-order chi connectivity index (χ0) is 16.1. The van der Waals surface area contributed by atoms with Gasteiger partial charge in [0.1, 0.15) is 0 Å². The van der Waals surface area contributed by atoms with Gasteiger partial charge in [-0.2, -0.15) is 0 Å². The van der Waals surface area contributed by atoms with Crippen LogP contribution in [0.25, 0.3) is 0 Å². The molecule has 22 heavy (non-hydrogen) atoms. The van der Waals surface area contributed by atoms with Gasteiger partial charge in [0.25, 0.3) is 0 Å². The number of likely N-dealkylation sites (tertiary alicyclic amines) is 1. The molecule has 2 rings (SSSR count). The van der Waals surface area contributed by atoms with E-state index in [1.165, 1.54) is 0 Å². The first kappa shape index (κ1) is 16.9. The molecule has 0 aliphatic carbocycles. The molecule has 1 amide bonds. The summed E-state index contributed by atoms with van der Waals surface area (Å²) in [4.78, 5) is 23.0. The van der Waals surface area contributed by atoms with Crippen LogP contribution in [0.15, 0.2) is 18.3 Å². The molecular weight excluding hydrogens is 276 g/mol. The van der Waals surface area contributed by atoms with Gasteiger partial charge in [0.05, 0.1) is 18.8 Å². The zero-order valence-electron chi connectivity index (χ0n) is 14.2. The Balaban J connectivity index is 1.78. The number of aromatic nitrogens is 1. The summed E-state index contributed by atoms with van der Waals surface area (Å²) in [5.74, 6) is 0.172. The fourth-order valence-corrected chi connectivity index (χ4v) is 2.83. The van der Waals surface area contributed by atoms with Gasteiger partial charge in [0, 0.05) is 32.4 Å². The lowest BCUT2D eigenvalue weighted by Crippen LogP contribution is -2.46. The van der Waals surface area contributed by atoms with Crippen LogP contribution in [0.5, 0.6) is 0 Å². The molecule has 2 heterocycles. The van der Waals surface area contributed by atoms with E-state index >= 15 is 0 Å². The van der Waals surface area contributed by atoms with Crippen LogP contribution in [0.3, 0.4) is 0 Å². The number of carbonyl (C=O) groups excluding carboxylic acids is 1. The smallest absolute Gasteiger partial charge is 0.236 e. The van der Waals surface area contributed by atoms with E-state index in [2.05, 4.69) is 28.9 Å². The second-order valence-electron chi connectivity index (χ2n) is 6.55. The maximum atomic E-state index is 12.3.